The van der Waals surface area contributed by atoms with E-state index in [1.807, 2.05) is 49.1 Å². The summed E-state index contributed by atoms with van der Waals surface area (Å²) in [5, 5.41) is 3.75. The number of amides is 3. The van der Waals surface area contributed by atoms with E-state index in [2.05, 4.69) is 10.3 Å². The van der Waals surface area contributed by atoms with E-state index in [9.17, 15) is 9.59 Å². The molecule has 0 spiro atoms. The number of rotatable bonds is 5. The number of urea groups is 1. The maximum Gasteiger partial charge on any atom is 0.328 e. The molecule has 2 aliphatic rings. The number of hydrogen-bond acceptors (Lipinski definition) is 4. The Bertz CT molecular complexity index is 768. The first-order chi connectivity index (χ1) is 12.8. The summed E-state index contributed by atoms with van der Waals surface area (Å²) in [6.07, 6.45) is -0.435. The van der Waals surface area contributed by atoms with Crippen molar-refractivity contribution >= 4 is 29.5 Å². The van der Waals surface area contributed by atoms with Gasteiger partial charge in [0.2, 0.25) is 0 Å². The highest BCUT2D eigenvalue weighted by atomic mass is 35.5. The van der Waals surface area contributed by atoms with Gasteiger partial charge in [0.15, 0.2) is 12.0 Å². The lowest BCUT2D eigenvalue weighted by Gasteiger charge is -2.40. The van der Waals surface area contributed by atoms with Gasteiger partial charge in [-0.1, -0.05) is 29.8 Å². The fourth-order valence-corrected chi connectivity index (χ4v) is 3.48. The molecule has 9 heteroatoms. The molecule has 1 aromatic rings. The number of carbonyl (C=O) groups excluding carboxylic acids is 2. The minimum absolute atomic E-state index is 0.145. The molecule has 2 unspecified atom stereocenters. The summed E-state index contributed by atoms with van der Waals surface area (Å²) in [5.74, 6) is 0.371. The van der Waals surface area contributed by atoms with Crippen LogP contribution in [0.4, 0.5) is 4.79 Å². The Labute approximate surface area is 164 Å². The van der Waals surface area contributed by atoms with Gasteiger partial charge in [-0.3, -0.25) is 14.7 Å². The van der Waals surface area contributed by atoms with Crippen LogP contribution in [0.1, 0.15) is 5.56 Å². The Kier molecular flexibility index (Phi) is 5.57. The monoisotopic (exact) mass is 392 g/mol. The zero-order chi connectivity index (χ0) is 19.7. The third-order valence-corrected chi connectivity index (χ3v) is 5.26. The summed E-state index contributed by atoms with van der Waals surface area (Å²) in [4.78, 5) is 37.1. The molecule has 0 radical (unpaired) electrons. The van der Waals surface area contributed by atoms with Crippen LogP contribution in [0.5, 0.6) is 0 Å². The van der Waals surface area contributed by atoms with Crippen LogP contribution in [0.25, 0.3) is 0 Å². The van der Waals surface area contributed by atoms with E-state index in [-0.39, 0.29) is 18.5 Å². The van der Waals surface area contributed by atoms with Crippen molar-refractivity contribution in [3.8, 4) is 0 Å². The number of imide groups is 1. The van der Waals surface area contributed by atoms with Gasteiger partial charge in [-0.15, -0.1) is 0 Å². The van der Waals surface area contributed by atoms with Gasteiger partial charge in [0, 0.05) is 25.7 Å². The van der Waals surface area contributed by atoms with Crippen LogP contribution in [0.15, 0.2) is 29.3 Å². The first-order valence-corrected chi connectivity index (χ1v) is 9.19. The zero-order valence-corrected chi connectivity index (χ0v) is 16.8. The molecule has 0 bridgehead atoms. The van der Waals surface area contributed by atoms with Crippen molar-refractivity contribution in [2.75, 3.05) is 41.3 Å². The smallest absolute Gasteiger partial charge is 0.328 e. The van der Waals surface area contributed by atoms with Crippen molar-refractivity contribution in [2.45, 2.75) is 18.8 Å². The lowest BCUT2D eigenvalue weighted by atomic mass is 10.1. The fraction of sp³-hybridized carbons (Fsp3) is 0.500. The van der Waals surface area contributed by atoms with Gasteiger partial charge in [-0.05, 0) is 25.7 Å². The SMILES string of the molecule is CN(C)CCN=C1NC2C(C(=O)N(Cc3ccccc3Cl)C(=O)N2C)N1C. The molecule has 0 saturated carbocycles. The molecule has 27 heavy (non-hydrogen) atoms. The Hall–Kier alpha value is -2.32. The molecular formula is C18H25ClN6O2. The van der Waals surface area contributed by atoms with Gasteiger partial charge in [-0.25, -0.2) is 4.79 Å². The maximum atomic E-state index is 13.1. The highest BCUT2D eigenvalue weighted by molar-refractivity contribution is 6.31. The molecule has 3 rings (SSSR count). The molecule has 2 atom stereocenters. The number of fused-ring (bicyclic) bond motifs is 1. The van der Waals surface area contributed by atoms with E-state index in [4.69, 9.17) is 11.6 Å². The van der Waals surface area contributed by atoms with Crippen LogP contribution in [0.3, 0.4) is 0 Å². The fourth-order valence-electron chi connectivity index (χ4n) is 3.28. The largest absolute Gasteiger partial charge is 0.334 e. The van der Waals surface area contributed by atoms with Crippen LogP contribution < -0.4 is 5.32 Å². The number of nitrogens with one attached hydrogen (secondary N) is 1. The molecule has 0 aliphatic carbocycles. The molecule has 2 fully saturated rings. The van der Waals surface area contributed by atoms with Crippen molar-refractivity contribution in [3.63, 3.8) is 0 Å². The van der Waals surface area contributed by atoms with Crippen LogP contribution >= 0.6 is 11.6 Å². The minimum atomic E-state index is -0.520. The number of nitrogens with zero attached hydrogens (tertiary/aromatic N) is 5. The Balaban J connectivity index is 1.82. The third kappa shape index (κ3) is 3.72. The van der Waals surface area contributed by atoms with Gasteiger partial charge >= 0.3 is 6.03 Å². The van der Waals surface area contributed by atoms with Gasteiger partial charge in [0.25, 0.3) is 5.91 Å². The average Bonchev–Trinajstić information content (AvgIpc) is 2.95. The second kappa shape index (κ2) is 7.74. The number of aliphatic imine (C=N–C) groups is 1. The van der Waals surface area contributed by atoms with Crippen LogP contribution in [0.2, 0.25) is 5.02 Å². The first-order valence-electron chi connectivity index (χ1n) is 8.81. The van der Waals surface area contributed by atoms with Crippen molar-refractivity contribution in [3.05, 3.63) is 34.9 Å². The highest BCUT2D eigenvalue weighted by Crippen LogP contribution is 2.26. The predicted molar refractivity (Wildman–Crippen MR) is 104 cm³/mol. The zero-order valence-electron chi connectivity index (χ0n) is 16.0. The molecule has 2 heterocycles. The summed E-state index contributed by atoms with van der Waals surface area (Å²) in [5.41, 5.74) is 0.737. The Morgan fingerprint density at radius 2 is 1.89 bits per heavy atom. The van der Waals surface area contributed by atoms with Crippen molar-refractivity contribution in [2.24, 2.45) is 4.99 Å². The number of likely N-dealkylation sites (N-methyl/N-ethyl adjacent to an activating group) is 3. The quantitative estimate of drug-likeness (QED) is 0.805. The summed E-state index contributed by atoms with van der Waals surface area (Å²) in [6.45, 7) is 1.55. The number of guanidine groups is 1. The molecule has 3 amide bonds. The highest BCUT2D eigenvalue weighted by Gasteiger charge is 2.51. The number of hydrogen-bond donors (Lipinski definition) is 1. The van der Waals surface area contributed by atoms with Crippen LogP contribution in [0, 0.1) is 0 Å². The normalized spacial score (nSPS) is 24.1. The second-order valence-corrected chi connectivity index (χ2v) is 7.47. The standard InChI is InChI=1S/C18H25ClN6O2/c1-22(2)10-9-20-17-21-15-14(23(17)3)16(26)25(18(27)24(15)4)11-12-7-5-6-8-13(12)19/h5-8,14-15H,9-11H2,1-4H3,(H,20,21). The summed E-state index contributed by atoms with van der Waals surface area (Å²) < 4.78 is 0. The number of halogens is 1. The number of benzene rings is 1. The van der Waals surface area contributed by atoms with Crippen molar-refractivity contribution in [1.29, 1.82) is 0 Å². The lowest BCUT2D eigenvalue weighted by molar-refractivity contribution is -0.137. The third-order valence-electron chi connectivity index (χ3n) is 4.89. The van der Waals surface area contributed by atoms with E-state index in [1.54, 1.807) is 18.0 Å². The number of carbonyl (C=O) groups is 2. The van der Waals surface area contributed by atoms with Gasteiger partial charge < -0.3 is 20.0 Å². The first kappa shape index (κ1) is 19.4. The maximum absolute atomic E-state index is 13.1. The van der Waals surface area contributed by atoms with Gasteiger partial charge in [0.05, 0.1) is 13.1 Å². The molecule has 146 valence electrons. The molecule has 8 nitrogen and oxygen atoms in total. The molecule has 1 aromatic carbocycles. The Morgan fingerprint density at radius 3 is 2.56 bits per heavy atom. The minimum Gasteiger partial charge on any atom is -0.334 e. The van der Waals surface area contributed by atoms with Crippen molar-refractivity contribution < 1.29 is 9.59 Å². The molecular weight excluding hydrogens is 368 g/mol. The molecule has 1 N–H and O–H groups in total. The second-order valence-electron chi connectivity index (χ2n) is 7.06. The van der Waals surface area contributed by atoms with E-state index < -0.39 is 12.2 Å². The molecule has 2 aliphatic heterocycles. The summed E-state index contributed by atoms with van der Waals surface area (Å²) in [7, 11) is 7.47. The van der Waals surface area contributed by atoms with Gasteiger partial charge in [-0.2, -0.15) is 0 Å². The van der Waals surface area contributed by atoms with Crippen LogP contribution in [-0.2, 0) is 11.3 Å². The van der Waals surface area contributed by atoms with E-state index in [1.165, 1.54) is 4.90 Å². The summed E-state index contributed by atoms with van der Waals surface area (Å²) >= 11 is 6.21. The average molecular weight is 393 g/mol. The predicted octanol–water partition coefficient (Wildman–Crippen LogP) is 0.881. The molecule has 2 saturated heterocycles. The van der Waals surface area contributed by atoms with Crippen LogP contribution in [-0.4, -0.2) is 91.0 Å². The van der Waals surface area contributed by atoms with E-state index in [0.29, 0.717) is 17.5 Å². The lowest BCUT2D eigenvalue weighted by Crippen LogP contribution is -2.65. The topological polar surface area (TPSA) is 71.5 Å². The van der Waals surface area contributed by atoms with Crippen molar-refractivity contribution in [1.82, 2.24) is 24.9 Å². The van der Waals surface area contributed by atoms with E-state index >= 15 is 0 Å². The Morgan fingerprint density at radius 1 is 1.19 bits per heavy atom. The van der Waals surface area contributed by atoms with Gasteiger partial charge in [0.1, 0.15) is 6.17 Å². The van der Waals surface area contributed by atoms with E-state index in [0.717, 1.165) is 12.1 Å². The molecule has 0 aromatic heterocycles. The summed E-state index contributed by atoms with van der Waals surface area (Å²) in [6, 6.07) is 6.36.